The molecule has 0 bridgehead atoms. The van der Waals surface area contributed by atoms with Gasteiger partial charge in [-0.15, -0.1) is 0 Å². The van der Waals surface area contributed by atoms with Gasteiger partial charge in [0.2, 0.25) is 5.91 Å². The number of carbonyl (C=O) groups excluding carboxylic acids is 1. The van der Waals surface area contributed by atoms with Crippen LogP contribution in [-0.4, -0.2) is 36.5 Å². The summed E-state index contributed by atoms with van der Waals surface area (Å²) in [6, 6.07) is 5.05. The van der Waals surface area contributed by atoms with E-state index < -0.39 is 0 Å². The number of rotatable bonds is 7. The van der Waals surface area contributed by atoms with Crippen LogP contribution in [0.3, 0.4) is 0 Å². The second-order valence-corrected chi connectivity index (χ2v) is 5.49. The van der Waals surface area contributed by atoms with Crippen LogP contribution in [0.25, 0.3) is 0 Å². The fourth-order valence-corrected chi connectivity index (χ4v) is 2.28. The number of amides is 1. The van der Waals surface area contributed by atoms with E-state index in [0.717, 1.165) is 24.9 Å². The summed E-state index contributed by atoms with van der Waals surface area (Å²) in [6.45, 7) is 5.16. The molecule has 116 valence electrons. The minimum atomic E-state index is -0.374. The highest BCUT2D eigenvalue weighted by atomic mass is 19.1. The molecule has 0 spiro atoms. The number of halogens is 1. The summed E-state index contributed by atoms with van der Waals surface area (Å²) in [5.41, 5.74) is 0.834. The van der Waals surface area contributed by atoms with E-state index in [9.17, 15) is 9.18 Å². The first kappa shape index (κ1) is 15.8. The van der Waals surface area contributed by atoms with Crippen LogP contribution >= 0.6 is 0 Å². The first-order valence-electron chi connectivity index (χ1n) is 7.42. The molecule has 1 aromatic carbocycles. The van der Waals surface area contributed by atoms with E-state index in [2.05, 4.69) is 5.32 Å². The fourth-order valence-electron chi connectivity index (χ4n) is 2.28. The van der Waals surface area contributed by atoms with Crippen molar-refractivity contribution in [3.05, 3.63) is 29.6 Å². The summed E-state index contributed by atoms with van der Waals surface area (Å²) in [7, 11) is 1.45. The third-order valence-corrected chi connectivity index (χ3v) is 3.86. The maximum absolute atomic E-state index is 13.7. The first-order valence-corrected chi connectivity index (χ1v) is 7.42. The van der Waals surface area contributed by atoms with Gasteiger partial charge < -0.3 is 10.1 Å². The third kappa shape index (κ3) is 4.17. The molecule has 21 heavy (non-hydrogen) atoms. The maximum atomic E-state index is 13.7. The minimum absolute atomic E-state index is 0.0494. The average molecular weight is 294 g/mol. The van der Waals surface area contributed by atoms with Gasteiger partial charge in [-0.2, -0.15) is 0 Å². The Morgan fingerprint density at radius 3 is 2.76 bits per heavy atom. The smallest absolute Gasteiger partial charge is 0.237 e. The molecule has 1 fully saturated rings. The second kappa shape index (κ2) is 6.89. The Bertz CT molecular complexity index is 503. The third-order valence-electron chi connectivity index (χ3n) is 3.86. The molecular formula is C16H23FN2O2. The number of nitrogens with one attached hydrogen (secondary N) is 1. The molecule has 0 saturated heterocycles. The summed E-state index contributed by atoms with van der Waals surface area (Å²) in [4.78, 5) is 14.1. The molecule has 1 atom stereocenters. The van der Waals surface area contributed by atoms with E-state index in [4.69, 9.17) is 4.74 Å². The molecule has 0 aliphatic heterocycles. The molecule has 0 heterocycles. The molecule has 1 saturated carbocycles. The molecule has 1 N–H and O–H groups in total. The number of nitrogens with zero attached hydrogens (tertiary/aromatic N) is 1. The first-order chi connectivity index (χ1) is 10.0. The minimum Gasteiger partial charge on any atom is -0.494 e. The molecule has 1 aliphatic carbocycles. The van der Waals surface area contributed by atoms with Gasteiger partial charge in [0.15, 0.2) is 11.6 Å². The summed E-state index contributed by atoms with van der Waals surface area (Å²) in [5.74, 6) is -0.0872. The summed E-state index contributed by atoms with van der Waals surface area (Å²) >= 11 is 0. The van der Waals surface area contributed by atoms with Gasteiger partial charge in [-0.25, -0.2) is 4.39 Å². The van der Waals surface area contributed by atoms with Gasteiger partial charge in [0.05, 0.1) is 13.2 Å². The lowest BCUT2D eigenvalue weighted by Gasteiger charge is -2.27. The Morgan fingerprint density at radius 2 is 2.24 bits per heavy atom. The van der Waals surface area contributed by atoms with Crippen molar-refractivity contribution in [2.24, 2.45) is 0 Å². The van der Waals surface area contributed by atoms with Crippen molar-refractivity contribution in [2.75, 3.05) is 13.7 Å². The topological polar surface area (TPSA) is 41.6 Å². The zero-order valence-electron chi connectivity index (χ0n) is 12.9. The van der Waals surface area contributed by atoms with Gasteiger partial charge in [0.25, 0.3) is 0 Å². The van der Waals surface area contributed by atoms with Gasteiger partial charge in [0, 0.05) is 12.6 Å². The van der Waals surface area contributed by atoms with Crippen molar-refractivity contribution in [1.29, 1.82) is 0 Å². The normalized spacial score (nSPS) is 15.9. The number of carbonyl (C=O) groups is 1. The molecule has 1 aliphatic rings. The van der Waals surface area contributed by atoms with Crippen molar-refractivity contribution in [3.63, 3.8) is 0 Å². The largest absolute Gasteiger partial charge is 0.494 e. The average Bonchev–Trinajstić information content (AvgIpc) is 3.28. The lowest BCUT2D eigenvalue weighted by atomic mass is 10.1. The zero-order chi connectivity index (χ0) is 15.4. The lowest BCUT2D eigenvalue weighted by Crippen LogP contribution is -2.45. The van der Waals surface area contributed by atoms with E-state index in [1.807, 2.05) is 24.8 Å². The Hall–Kier alpha value is -1.62. The van der Waals surface area contributed by atoms with Crippen molar-refractivity contribution in [2.45, 2.75) is 45.3 Å². The molecule has 0 aromatic heterocycles. The van der Waals surface area contributed by atoms with Gasteiger partial charge in [-0.3, -0.25) is 9.69 Å². The van der Waals surface area contributed by atoms with Gasteiger partial charge in [-0.1, -0.05) is 13.0 Å². The van der Waals surface area contributed by atoms with E-state index >= 15 is 0 Å². The zero-order valence-corrected chi connectivity index (χ0v) is 12.9. The van der Waals surface area contributed by atoms with Gasteiger partial charge in [-0.05, 0) is 44.0 Å². The summed E-state index contributed by atoms with van der Waals surface area (Å²) < 4.78 is 18.6. The van der Waals surface area contributed by atoms with Crippen LogP contribution in [0.15, 0.2) is 18.2 Å². The summed E-state index contributed by atoms with van der Waals surface area (Å²) in [5, 5.41) is 3.01. The number of hydrogen-bond acceptors (Lipinski definition) is 3. The predicted octanol–water partition coefficient (Wildman–Crippen LogP) is 2.32. The summed E-state index contributed by atoms with van der Waals surface area (Å²) in [6.07, 6.45) is 2.16. The Morgan fingerprint density at radius 1 is 1.52 bits per heavy atom. The van der Waals surface area contributed by atoms with Crippen molar-refractivity contribution in [3.8, 4) is 5.75 Å². The Kier molecular flexibility index (Phi) is 5.17. The lowest BCUT2D eigenvalue weighted by molar-refractivity contribution is -0.126. The van der Waals surface area contributed by atoms with E-state index in [0.29, 0.717) is 12.6 Å². The second-order valence-electron chi connectivity index (χ2n) is 5.49. The van der Waals surface area contributed by atoms with Gasteiger partial charge in [0.1, 0.15) is 0 Å². The van der Waals surface area contributed by atoms with E-state index in [1.165, 1.54) is 13.2 Å². The molecule has 5 heteroatoms. The van der Waals surface area contributed by atoms with Crippen LogP contribution in [0.1, 0.15) is 32.3 Å². The molecule has 1 aromatic rings. The number of methoxy groups -OCH3 is 1. The number of hydrogen-bond donors (Lipinski definition) is 1. The molecule has 1 amide bonds. The predicted molar refractivity (Wildman–Crippen MR) is 79.7 cm³/mol. The fraction of sp³-hybridized carbons (Fsp3) is 0.562. The van der Waals surface area contributed by atoms with Crippen LogP contribution in [0.2, 0.25) is 0 Å². The van der Waals surface area contributed by atoms with Crippen LogP contribution in [0.4, 0.5) is 4.39 Å². The molecule has 2 rings (SSSR count). The van der Waals surface area contributed by atoms with E-state index in [-0.39, 0.29) is 23.5 Å². The Labute approximate surface area is 125 Å². The highest BCUT2D eigenvalue weighted by Gasteiger charge is 2.27. The monoisotopic (exact) mass is 294 g/mol. The molecule has 4 nitrogen and oxygen atoms in total. The van der Waals surface area contributed by atoms with Crippen molar-refractivity contribution >= 4 is 5.91 Å². The van der Waals surface area contributed by atoms with Crippen LogP contribution < -0.4 is 10.1 Å². The van der Waals surface area contributed by atoms with Gasteiger partial charge >= 0.3 is 0 Å². The van der Waals surface area contributed by atoms with Crippen LogP contribution in [-0.2, 0) is 11.3 Å². The SMILES string of the molecule is CCN(Cc1ccc(OC)c(F)c1)[C@H](C)C(=O)NC1CC1. The van der Waals surface area contributed by atoms with Crippen molar-refractivity contribution in [1.82, 2.24) is 10.2 Å². The van der Waals surface area contributed by atoms with Crippen LogP contribution in [0, 0.1) is 5.82 Å². The quantitative estimate of drug-likeness (QED) is 0.839. The maximum Gasteiger partial charge on any atom is 0.237 e. The number of benzene rings is 1. The Balaban J connectivity index is 2.00. The standard InChI is InChI=1S/C16H23FN2O2/c1-4-19(11(2)16(20)18-13-6-7-13)10-12-5-8-15(21-3)14(17)9-12/h5,8-9,11,13H,4,6-7,10H2,1-3H3,(H,18,20)/t11-/m1/s1. The number of likely N-dealkylation sites (N-methyl/N-ethyl adjacent to an activating group) is 1. The number of ether oxygens (including phenoxy) is 1. The molecular weight excluding hydrogens is 271 g/mol. The molecule has 0 unspecified atom stereocenters. The van der Waals surface area contributed by atoms with Crippen LogP contribution in [0.5, 0.6) is 5.75 Å². The van der Waals surface area contributed by atoms with Crippen molar-refractivity contribution < 1.29 is 13.9 Å². The highest BCUT2D eigenvalue weighted by molar-refractivity contribution is 5.81. The highest BCUT2D eigenvalue weighted by Crippen LogP contribution is 2.21. The van der Waals surface area contributed by atoms with E-state index in [1.54, 1.807) is 6.07 Å². The molecule has 0 radical (unpaired) electrons.